The number of benzene rings is 2. The number of hydrogen-bond donors (Lipinski definition) is 0. The van der Waals surface area contributed by atoms with E-state index in [2.05, 4.69) is 41.4 Å². The van der Waals surface area contributed by atoms with Gasteiger partial charge >= 0.3 is 0 Å². The predicted octanol–water partition coefficient (Wildman–Crippen LogP) is 5.05. The van der Waals surface area contributed by atoms with Crippen LogP contribution in [0.3, 0.4) is 0 Å². The Hall–Kier alpha value is -2.37. The fourth-order valence-corrected chi connectivity index (χ4v) is 3.51. The Balaban J connectivity index is 1.63. The highest BCUT2D eigenvalue weighted by molar-refractivity contribution is 7.98. The van der Waals surface area contributed by atoms with Gasteiger partial charge in [-0.1, -0.05) is 53.2 Å². The molecule has 0 unspecified atom stereocenters. The van der Waals surface area contributed by atoms with Crippen LogP contribution < -0.4 is 0 Å². The van der Waals surface area contributed by atoms with Crippen LogP contribution >= 0.6 is 23.4 Å². The van der Waals surface area contributed by atoms with Crippen LogP contribution in [-0.4, -0.2) is 19.8 Å². The second-order valence-electron chi connectivity index (χ2n) is 5.75. The second kappa shape index (κ2) is 6.86. The van der Waals surface area contributed by atoms with Gasteiger partial charge in [0.05, 0.1) is 0 Å². The lowest BCUT2D eigenvalue weighted by molar-refractivity contribution is 0.860. The number of aryl methyl sites for hydroxylation is 1. The average molecular weight is 367 g/mol. The van der Waals surface area contributed by atoms with Gasteiger partial charge in [0, 0.05) is 16.3 Å². The van der Waals surface area contributed by atoms with Crippen molar-refractivity contribution < 1.29 is 0 Å². The highest BCUT2D eigenvalue weighted by Gasteiger charge is 2.10. The summed E-state index contributed by atoms with van der Waals surface area (Å²) in [5.41, 5.74) is 4.22. The summed E-state index contributed by atoms with van der Waals surface area (Å²) in [7, 11) is 0. The van der Waals surface area contributed by atoms with Crippen molar-refractivity contribution in [2.24, 2.45) is 0 Å². The Kier molecular flexibility index (Phi) is 4.42. The average Bonchev–Trinajstić information content (AvgIpc) is 3.04. The number of aromatic nitrogens is 4. The molecule has 0 aliphatic heterocycles. The summed E-state index contributed by atoms with van der Waals surface area (Å²) in [6.45, 7) is 2.11. The van der Waals surface area contributed by atoms with Gasteiger partial charge < -0.3 is 0 Å². The number of rotatable bonds is 4. The number of nitrogens with zero attached hydrogens (tertiary/aromatic N) is 4. The highest BCUT2D eigenvalue weighted by Crippen LogP contribution is 2.24. The summed E-state index contributed by atoms with van der Waals surface area (Å²) >= 11 is 7.66. The van der Waals surface area contributed by atoms with Crippen molar-refractivity contribution in [2.75, 3.05) is 0 Å². The van der Waals surface area contributed by atoms with Crippen molar-refractivity contribution in [3.05, 3.63) is 76.8 Å². The topological polar surface area (TPSA) is 43.1 Å². The fraction of sp³-hybridized carbons (Fsp3) is 0.105. The van der Waals surface area contributed by atoms with Crippen LogP contribution in [0.1, 0.15) is 11.1 Å². The minimum Gasteiger partial charge on any atom is -0.192 e. The van der Waals surface area contributed by atoms with Gasteiger partial charge in [-0.25, -0.2) is 0 Å². The van der Waals surface area contributed by atoms with Gasteiger partial charge in [0.2, 0.25) is 0 Å². The summed E-state index contributed by atoms with van der Waals surface area (Å²) in [5, 5.41) is 14.8. The summed E-state index contributed by atoms with van der Waals surface area (Å²) in [4.78, 5) is 0. The monoisotopic (exact) mass is 366 g/mol. The first kappa shape index (κ1) is 16.1. The third kappa shape index (κ3) is 3.52. The smallest absolute Gasteiger partial charge is 0.185 e. The predicted molar refractivity (Wildman–Crippen MR) is 102 cm³/mol. The summed E-state index contributed by atoms with van der Waals surface area (Å²) in [6, 6.07) is 20.0. The van der Waals surface area contributed by atoms with E-state index >= 15 is 0 Å². The summed E-state index contributed by atoms with van der Waals surface area (Å²) in [6.07, 6.45) is 0. The first-order valence-corrected chi connectivity index (χ1v) is 9.22. The van der Waals surface area contributed by atoms with E-state index in [1.54, 1.807) is 16.3 Å². The van der Waals surface area contributed by atoms with Crippen LogP contribution in [0.15, 0.2) is 65.7 Å². The second-order valence-corrected chi connectivity index (χ2v) is 7.18. The van der Waals surface area contributed by atoms with Crippen LogP contribution in [-0.2, 0) is 5.75 Å². The molecule has 0 fully saturated rings. The van der Waals surface area contributed by atoms with Crippen molar-refractivity contribution >= 4 is 29.0 Å². The number of fused-ring (bicyclic) bond motifs is 1. The minimum absolute atomic E-state index is 0.694. The largest absolute Gasteiger partial charge is 0.192 e. The molecule has 2 aromatic carbocycles. The number of thioether (sulfide) groups is 1. The molecule has 0 spiro atoms. The zero-order chi connectivity index (χ0) is 17.2. The maximum absolute atomic E-state index is 5.97. The molecule has 0 amide bonds. The molecule has 0 bridgehead atoms. The van der Waals surface area contributed by atoms with E-state index in [0.29, 0.717) is 10.8 Å². The Bertz CT molecular complexity index is 1030. The maximum Gasteiger partial charge on any atom is 0.185 e. The minimum atomic E-state index is 0.694. The molecular weight excluding hydrogens is 352 g/mol. The molecule has 2 aromatic heterocycles. The van der Waals surface area contributed by atoms with Crippen LogP contribution in [0.5, 0.6) is 0 Å². The van der Waals surface area contributed by atoms with Crippen LogP contribution in [0.4, 0.5) is 0 Å². The van der Waals surface area contributed by atoms with Crippen LogP contribution in [0.2, 0.25) is 5.02 Å². The molecule has 0 N–H and O–H groups in total. The third-order valence-corrected chi connectivity index (χ3v) is 5.05. The van der Waals surface area contributed by atoms with E-state index in [1.807, 2.05) is 36.4 Å². The molecule has 0 radical (unpaired) electrons. The Morgan fingerprint density at radius 3 is 2.64 bits per heavy atom. The zero-order valence-corrected chi connectivity index (χ0v) is 15.1. The lowest BCUT2D eigenvalue weighted by Crippen LogP contribution is -1.96. The third-order valence-electron chi connectivity index (χ3n) is 3.81. The molecule has 124 valence electrons. The number of hydrogen-bond acceptors (Lipinski definition) is 4. The van der Waals surface area contributed by atoms with E-state index in [-0.39, 0.29) is 0 Å². The first-order chi connectivity index (χ1) is 12.2. The maximum atomic E-state index is 5.97. The molecule has 0 saturated heterocycles. The summed E-state index contributed by atoms with van der Waals surface area (Å²) < 4.78 is 1.78. The van der Waals surface area contributed by atoms with E-state index in [9.17, 15) is 0 Å². The van der Waals surface area contributed by atoms with Crippen molar-refractivity contribution in [3.63, 3.8) is 0 Å². The van der Waals surface area contributed by atoms with E-state index < -0.39 is 0 Å². The van der Waals surface area contributed by atoms with Crippen molar-refractivity contribution in [1.29, 1.82) is 0 Å². The Morgan fingerprint density at radius 1 is 1.00 bits per heavy atom. The van der Waals surface area contributed by atoms with Gasteiger partial charge in [0.25, 0.3) is 0 Å². The molecule has 0 aliphatic rings. The van der Waals surface area contributed by atoms with Crippen molar-refractivity contribution in [1.82, 2.24) is 19.8 Å². The Morgan fingerprint density at radius 2 is 1.84 bits per heavy atom. The lowest BCUT2D eigenvalue weighted by Gasteiger charge is -2.04. The van der Waals surface area contributed by atoms with Gasteiger partial charge in [-0.3, -0.25) is 0 Å². The number of halogens is 1. The normalized spacial score (nSPS) is 11.1. The molecule has 4 aromatic rings. The first-order valence-electron chi connectivity index (χ1n) is 7.86. The van der Waals surface area contributed by atoms with Gasteiger partial charge in [-0.15, -0.1) is 10.2 Å². The van der Waals surface area contributed by atoms with Crippen LogP contribution in [0.25, 0.3) is 17.0 Å². The van der Waals surface area contributed by atoms with E-state index in [0.717, 1.165) is 22.0 Å². The fourth-order valence-electron chi connectivity index (χ4n) is 2.59. The van der Waals surface area contributed by atoms with Gasteiger partial charge in [0.15, 0.2) is 11.5 Å². The molecule has 4 rings (SSSR count). The SMILES string of the molecule is Cc1cccc(CSc2ccc3nnc(-c4ccc(Cl)cc4)n3n2)c1. The van der Waals surface area contributed by atoms with Crippen molar-refractivity contribution in [3.8, 4) is 11.4 Å². The highest BCUT2D eigenvalue weighted by atomic mass is 35.5. The van der Waals surface area contributed by atoms with Gasteiger partial charge in [-0.05, 0) is 48.9 Å². The standard InChI is InChI=1S/C19H15ClN4S/c1-13-3-2-4-14(11-13)12-25-18-10-9-17-21-22-19(24(17)23-18)15-5-7-16(20)8-6-15/h2-11H,12H2,1H3. The molecule has 2 heterocycles. The van der Waals surface area contributed by atoms with E-state index in [1.165, 1.54) is 11.1 Å². The van der Waals surface area contributed by atoms with Crippen molar-refractivity contribution in [2.45, 2.75) is 17.7 Å². The molecule has 0 saturated carbocycles. The molecule has 0 atom stereocenters. The van der Waals surface area contributed by atoms with Crippen LogP contribution in [0, 0.1) is 6.92 Å². The molecule has 6 heteroatoms. The zero-order valence-electron chi connectivity index (χ0n) is 13.6. The van der Waals surface area contributed by atoms with Gasteiger partial charge in [0.1, 0.15) is 5.03 Å². The quantitative estimate of drug-likeness (QED) is 0.474. The molecule has 0 aliphatic carbocycles. The van der Waals surface area contributed by atoms with E-state index in [4.69, 9.17) is 16.7 Å². The summed E-state index contributed by atoms with van der Waals surface area (Å²) in [5.74, 6) is 1.59. The lowest BCUT2D eigenvalue weighted by atomic mass is 10.2. The molecule has 4 nitrogen and oxygen atoms in total. The molecular formula is C19H15ClN4S. The Labute approximate surface area is 154 Å². The molecule has 25 heavy (non-hydrogen) atoms. The van der Waals surface area contributed by atoms with Gasteiger partial charge in [-0.2, -0.15) is 9.61 Å².